The molecule has 58 heavy (non-hydrogen) atoms. The second-order valence-corrected chi connectivity index (χ2v) is 17.8. The maximum Gasteiger partial charge on any atom is 0.534 e. The van der Waals surface area contributed by atoms with Crippen molar-refractivity contribution >= 4 is 123 Å². The summed E-state index contributed by atoms with van der Waals surface area (Å²) in [6.07, 6.45) is 0. The van der Waals surface area contributed by atoms with Gasteiger partial charge in [0.25, 0.3) is 0 Å². The van der Waals surface area contributed by atoms with E-state index in [1.165, 1.54) is 22.2 Å². The minimum absolute atomic E-state index is 0.299. The van der Waals surface area contributed by atoms with E-state index in [1.54, 1.807) is 22.7 Å². The molecule has 11 aromatic rings. The molecule has 0 amide bonds. The van der Waals surface area contributed by atoms with Crippen molar-refractivity contribution in [2.45, 2.75) is 5.51 Å². The van der Waals surface area contributed by atoms with E-state index in [1.807, 2.05) is 95.9 Å². The summed E-state index contributed by atoms with van der Waals surface area (Å²) in [4.78, 5) is 1.85. The topological polar surface area (TPSA) is 59.8 Å². The third kappa shape index (κ3) is 5.60. The maximum atomic E-state index is 13.8. The molecule has 11 heteroatoms. The van der Waals surface area contributed by atoms with Gasteiger partial charge in [0.2, 0.25) is 0 Å². The van der Waals surface area contributed by atoms with Crippen LogP contribution < -0.4 is 9.08 Å². The SMILES string of the molecule is O=S(=O)(Oc1cc(N(c2ccccc2)c2ccc3c(c2)sc2ccccc23)c2oc3ccc(-c4ccc5sc6cc7ccccc7cc6c5c4)cc3c2c1)C(F)(F)F. The molecule has 11 rings (SSSR count). The summed E-state index contributed by atoms with van der Waals surface area (Å²) in [7, 11) is -6.02. The fourth-order valence-electron chi connectivity index (χ4n) is 7.90. The minimum Gasteiger partial charge on any atom is -0.454 e. The lowest BCUT2D eigenvalue weighted by Gasteiger charge is -2.26. The first-order valence-electron chi connectivity index (χ1n) is 18.2. The molecule has 0 atom stereocenters. The minimum atomic E-state index is -6.02. The van der Waals surface area contributed by atoms with E-state index in [2.05, 4.69) is 54.6 Å². The van der Waals surface area contributed by atoms with Crippen molar-refractivity contribution < 1.29 is 30.2 Å². The molecule has 0 saturated carbocycles. The van der Waals surface area contributed by atoms with Crippen molar-refractivity contribution in [1.29, 1.82) is 0 Å². The van der Waals surface area contributed by atoms with Crippen LogP contribution in [0.25, 0.3) is 84.2 Å². The first kappa shape index (κ1) is 34.8. The predicted octanol–water partition coefficient (Wildman–Crippen LogP) is 14.8. The molecule has 8 aromatic carbocycles. The molecule has 0 saturated heterocycles. The summed E-state index contributed by atoms with van der Waals surface area (Å²) in [6, 6.07) is 50.7. The molecular formula is C47H26F3NO4S3. The van der Waals surface area contributed by atoms with Crippen molar-refractivity contribution in [3.05, 3.63) is 158 Å². The summed E-state index contributed by atoms with van der Waals surface area (Å²) in [6.45, 7) is 0. The van der Waals surface area contributed by atoms with Gasteiger partial charge in [0.1, 0.15) is 11.3 Å². The summed E-state index contributed by atoms with van der Waals surface area (Å²) in [5.41, 5.74) is -1.39. The Morgan fingerprint density at radius 1 is 0.517 bits per heavy atom. The van der Waals surface area contributed by atoms with Gasteiger partial charge in [0.05, 0.1) is 5.69 Å². The monoisotopic (exact) mass is 821 g/mol. The van der Waals surface area contributed by atoms with Crippen LogP contribution in [0.4, 0.5) is 30.2 Å². The molecule has 0 bridgehead atoms. The molecule has 0 fully saturated rings. The molecule has 3 heterocycles. The van der Waals surface area contributed by atoms with Gasteiger partial charge >= 0.3 is 15.6 Å². The van der Waals surface area contributed by atoms with Gasteiger partial charge in [-0.15, -0.1) is 22.7 Å². The zero-order chi connectivity index (χ0) is 39.3. The molecule has 3 aromatic heterocycles. The number of thiophene rings is 2. The predicted molar refractivity (Wildman–Crippen MR) is 233 cm³/mol. The van der Waals surface area contributed by atoms with Crippen LogP contribution in [0.15, 0.2) is 162 Å². The summed E-state index contributed by atoms with van der Waals surface area (Å²) >= 11 is 3.36. The third-order valence-electron chi connectivity index (χ3n) is 10.6. The lowest BCUT2D eigenvalue weighted by Crippen LogP contribution is -2.28. The molecule has 0 aliphatic carbocycles. The van der Waals surface area contributed by atoms with Crippen LogP contribution in [0.1, 0.15) is 0 Å². The van der Waals surface area contributed by atoms with E-state index >= 15 is 0 Å². The van der Waals surface area contributed by atoms with Gasteiger partial charge in [-0.05, 0) is 94.7 Å². The smallest absolute Gasteiger partial charge is 0.454 e. The Balaban J connectivity index is 1.13. The van der Waals surface area contributed by atoms with E-state index in [0.717, 1.165) is 52.2 Å². The Morgan fingerprint density at radius 2 is 1.16 bits per heavy atom. The highest BCUT2D eigenvalue weighted by atomic mass is 32.2. The largest absolute Gasteiger partial charge is 0.534 e. The van der Waals surface area contributed by atoms with Gasteiger partial charge < -0.3 is 13.5 Å². The highest BCUT2D eigenvalue weighted by Gasteiger charge is 2.48. The highest BCUT2D eigenvalue weighted by molar-refractivity contribution is 7.88. The van der Waals surface area contributed by atoms with E-state index < -0.39 is 21.4 Å². The first-order chi connectivity index (χ1) is 28.1. The van der Waals surface area contributed by atoms with Gasteiger partial charge in [-0.3, -0.25) is 0 Å². The van der Waals surface area contributed by atoms with E-state index in [9.17, 15) is 21.6 Å². The number of rotatable bonds is 6. The number of halogens is 3. The lowest BCUT2D eigenvalue weighted by molar-refractivity contribution is -0.0500. The summed E-state index contributed by atoms with van der Waals surface area (Å²) in [5.74, 6) is -0.504. The van der Waals surface area contributed by atoms with Crippen molar-refractivity contribution in [2.75, 3.05) is 4.90 Å². The second-order valence-electron chi connectivity index (χ2n) is 14.1. The number of anilines is 3. The van der Waals surface area contributed by atoms with Crippen molar-refractivity contribution in [3.63, 3.8) is 0 Å². The Hall–Kier alpha value is -6.40. The average molecular weight is 822 g/mol. The van der Waals surface area contributed by atoms with Gasteiger partial charge in [-0.25, -0.2) is 0 Å². The molecule has 5 nitrogen and oxygen atoms in total. The van der Waals surface area contributed by atoms with Crippen LogP contribution in [0.2, 0.25) is 0 Å². The van der Waals surface area contributed by atoms with Crippen molar-refractivity contribution in [3.8, 4) is 16.9 Å². The van der Waals surface area contributed by atoms with E-state index in [0.29, 0.717) is 39.0 Å². The number of hydrogen-bond donors (Lipinski definition) is 0. The van der Waals surface area contributed by atoms with Gasteiger partial charge in [0.15, 0.2) is 5.58 Å². The quantitative estimate of drug-likeness (QED) is 0.123. The van der Waals surface area contributed by atoms with Crippen LogP contribution in [-0.4, -0.2) is 13.9 Å². The molecule has 0 aliphatic rings. The fraction of sp³-hybridized carbons (Fsp3) is 0.0213. The molecule has 0 radical (unpaired) electrons. The number of nitrogens with zero attached hydrogens (tertiary/aromatic N) is 1. The standard InChI is InChI=1S/C47H26F3NO4S3/c48-47(49,50)58(52,53)55-33-25-39-36-20-29(30-15-19-43-37(22-30)38-21-27-8-4-5-9-28(27)23-44(38)57-43)14-18-41(36)54-46(39)40(26-33)51(31-10-2-1-3-11-31)32-16-17-35-34-12-6-7-13-42(34)56-45(35)24-32/h1-26H. The number of para-hydroxylation sites is 1. The van der Waals surface area contributed by atoms with E-state index in [-0.39, 0.29) is 0 Å². The number of benzene rings is 8. The molecule has 0 aliphatic heterocycles. The Bertz CT molecular complexity index is 3570. The van der Waals surface area contributed by atoms with Crippen molar-refractivity contribution in [1.82, 2.24) is 0 Å². The van der Waals surface area contributed by atoms with Gasteiger partial charge in [0, 0.05) is 68.6 Å². The fourth-order valence-corrected chi connectivity index (χ4v) is 10.6. The molecular weight excluding hydrogens is 796 g/mol. The summed E-state index contributed by atoms with van der Waals surface area (Å²) < 4.78 is 82.4. The van der Waals surface area contributed by atoms with Crippen molar-refractivity contribution in [2.24, 2.45) is 0 Å². The second kappa shape index (κ2) is 12.8. The molecule has 0 spiro atoms. The number of furan rings is 1. The van der Waals surface area contributed by atoms with Crippen LogP contribution in [-0.2, 0) is 10.1 Å². The summed E-state index contributed by atoms with van der Waals surface area (Å²) in [5, 5.41) is 7.75. The first-order valence-corrected chi connectivity index (χ1v) is 21.3. The normalized spacial score (nSPS) is 12.5. The van der Waals surface area contributed by atoms with Crippen LogP contribution in [0, 0.1) is 0 Å². The third-order valence-corrected chi connectivity index (χ3v) is 13.8. The number of hydrogen-bond acceptors (Lipinski definition) is 7. The molecule has 0 N–H and O–H groups in total. The van der Waals surface area contributed by atoms with Crippen LogP contribution in [0.3, 0.4) is 0 Å². The Kier molecular flexibility index (Phi) is 7.69. The lowest BCUT2D eigenvalue weighted by atomic mass is 9.99. The zero-order valence-electron chi connectivity index (χ0n) is 29.9. The van der Waals surface area contributed by atoms with Crippen LogP contribution in [0.5, 0.6) is 5.75 Å². The van der Waals surface area contributed by atoms with Crippen LogP contribution >= 0.6 is 22.7 Å². The maximum absolute atomic E-state index is 13.8. The highest BCUT2D eigenvalue weighted by Crippen LogP contribution is 2.47. The van der Waals surface area contributed by atoms with E-state index in [4.69, 9.17) is 8.60 Å². The van der Waals surface area contributed by atoms with Gasteiger partial charge in [-0.1, -0.05) is 78.9 Å². The average Bonchev–Trinajstić information content (AvgIpc) is 3.90. The Morgan fingerprint density at radius 3 is 1.95 bits per heavy atom. The number of alkyl halides is 3. The number of fused-ring (bicyclic) bond motifs is 10. The van der Waals surface area contributed by atoms with Gasteiger partial charge in [-0.2, -0.15) is 21.6 Å². The zero-order valence-corrected chi connectivity index (χ0v) is 32.4. The molecule has 282 valence electrons. The molecule has 0 unspecified atom stereocenters. The Labute approximate surface area is 336 Å².